The Morgan fingerprint density at radius 1 is 1.41 bits per heavy atom. The van der Waals surface area contributed by atoms with Gasteiger partial charge in [0.05, 0.1) is 0 Å². The summed E-state index contributed by atoms with van der Waals surface area (Å²) in [4.78, 5) is 45.8. The molecule has 2 aromatic rings. The van der Waals surface area contributed by atoms with Crippen LogP contribution in [0.2, 0.25) is 0 Å². The lowest BCUT2D eigenvalue weighted by atomic mass is 10.5. The van der Waals surface area contributed by atoms with E-state index in [1.165, 1.54) is 7.05 Å². The minimum Gasteiger partial charge on any atom is -0.336 e. The van der Waals surface area contributed by atoms with Gasteiger partial charge in [0.15, 0.2) is 5.52 Å². The molecule has 2 aromatic heterocycles. The van der Waals surface area contributed by atoms with Crippen molar-refractivity contribution in [3.8, 4) is 0 Å². The first-order valence-electron chi connectivity index (χ1n) is 4.79. The SMILES string of the molecule is CC(=O)On1c(=O)n(C)c(=O)c2[nH]c(C)nc21. The van der Waals surface area contributed by atoms with Crippen LogP contribution in [-0.2, 0) is 11.8 Å². The standard InChI is InChI=1S/C9H10N4O4/c1-4-10-6-7(11-4)13(17-5(2)14)9(16)12(3)8(6)15/h1-3H3,(H,10,11). The molecule has 0 unspecified atom stereocenters. The van der Waals surface area contributed by atoms with E-state index in [-0.39, 0.29) is 11.2 Å². The second-order valence-corrected chi connectivity index (χ2v) is 3.54. The summed E-state index contributed by atoms with van der Waals surface area (Å²) in [5.74, 6) is -0.226. The summed E-state index contributed by atoms with van der Waals surface area (Å²) in [7, 11) is 1.29. The van der Waals surface area contributed by atoms with Crippen molar-refractivity contribution in [3.63, 3.8) is 0 Å². The van der Waals surface area contributed by atoms with Crippen molar-refractivity contribution < 1.29 is 9.63 Å². The molecule has 0 saturated carbocycles. The van der Waals surface area contributed by atoms with Crippen LogP contribution in [0.5, 0.6) is 0 Å². The lowest BCUT2D eigenvalue weighted by Gasteiger charge is -2.05. The number of hydrogen-bond donors (Lipinski definition) is 1. The van der Waals surface area contributed by atoms with Crippen LogP contribution in [0.3, 0.4) is 0 Å². The molecule has 2 rings (SSSR count). The quantitative estimate of drug-likeness (QED) is 0.666. The van der Waals surface area contributed by atoms with Gasteiger partial charge < -0.3 is 9.82 Å². The number of hydrogen-bond acceptors (Lipinski definition) is 5. The van der Waals surface area contributed by atoms with E-state index < -0.39 is 17.2 Å². The minimum absolute atomic E-state index is 0.00537. The Kier molecular flexibility index (Phi) is 2.34. The normalized spacial score (nSPS) is 10.8. The zero-order chi connectivity index (χ0) is 12.7. The van der Waals surface area contributed by atoms with E-state index in [1.807, 2.05) is 0 Å². The van der Waals surface area contributed by atoms with E-state index in [1.54, 1.807) is 6.92 Å². The van der Waals surface area contributed by atoms with Crippen molar-refractivity contribution in [2.75, 3.05) is 0 Å². The highest BCUT2D eigenvalue weighted by Crippen LogP contribution is 2.02. The number of carbonyl (C=O) groups excluding carboxylic acids is 1. The Morgan fingerprint density at radius 3 is 2.65 bits per heavy atom. The van der Waals surface area contributed by atoms with Gasteiger partial charge in [-0.25, -0.2) is 14.6 Å². The molecule has 8 heteroatoms. The number of imidazole rings is 1. The lowest BCUT2D eigenvalue weighted by molar-refractivity contribution is -0.141. The predicted molar refractivity (Wildman–Crippen MR) is 57.6 cm³/mol. The first kappa shape index (κ1) is 11.1. The number of nitrogens with zero attached hydrogens (tertiary/aromatic N) is 3. The van der Waals surface area contributed by atoms with Gasteiger partial charge in [0.25, 0.3) is 5.56 Å². The Morgan fingerprint density at radius 2 is 2.06 bits per heavy atom. The molecule has 17 heavy (non-hydrogen) atoms. The van der Waals surface area contributed by atoms with Gasteiger partial charge in [0.2, 0.25) is 5.65 Å². The summed E-state index contributed by atoms with van der Waals surface area (Å²) in [6.45, 7) is 2.78. The van der Waals surface area contributed by atoms with Crippen LogP contribution < -0.4 is 16.1 Å². The maximum Gasteiger partial charge on any atom is 0.366 e. The molecule has 0 radical (unpaired) electrons. The molecule has 0 saturated heterocycles. The number of aryl methyl sites for hydroxylation is 1. The van der Waals surface area contributed by atoms with Crippen molar-refractivity contribution in [1.29, 1.82) is 0 Å². The van der Waals surface area contributed by atoms with Crippen LogP contribution in [0.4, 0.5) is 0 Å². The third-order valence-corrected chi connectivity index (χ3v) is 2.19. The smallest absolute Gasteiger partial charge is 0.336 e. The van der Waals surface area contributed by atoms with Gasteiger partial charge >= 0.3 is 11.7 Å². The van der Waals surface area contributed by atoms with Crippen LogP contribution in [0.1, 0.15) is 12.7 Å². The Balaban J connectivity index is 2.94. The zero-order valence-electron chi connectivity index (χ0n) is 9.47. The fourth-order valence-electron chi connectivity index (χ4n) is 1.47. The Hall–Kier alpha value is -2.38. The number of fused-ring (bicyclic) bond motifs is 1. The average molecular weight is 238 g/mol. The van der Waals surface area contributed by atoms with Crippen LogP contribution in [-0.4, -0.2) is 25.2 Å². The number of aromatic amines is 1. The number of H-pyrrole nitrogens is 1. The summed E-state index contributed by atoms with van der Waals surface area (Å²) in [6.07, 6.45) is 0. The van der Waals surface area contributed by atoms with Crippen molar-refractivity contribution >= 4 is 17.1 Å². The van der Waals surface area contributed by atoms with Crippen molar-refractivity contribution in [2.24, 2.45) is 7.05 Å². The molecule has 0 amide bonds. The molecule has 0 aromatic carbocycles. The number of aromatic nitrogens is 4. The zero-order valence-corrected chi connectivity index (χ0v) is 9.47. The first-order chi connectivity index (χ1) is 7.91. The van der Waals surface area contributed by atoms with E-state index in [0.717, 1.165) is 11.5 Å². The fourth-order valence-corrected chi connectivity index (χ4v) is 1.47. The number of carbonyl (C=O) groups is 1. The average Bonchev–Trinajstić information content (AvgIpc) is 2.63. The predicted octanol–water partition coefficient (Wildman–Crippen LogP) is -1.29. The summed E-state index contributed by atoms with van der Waals surface area (Å²) in [6, 6.07) is 0. The molecule has 2 heterocycles. The maximum atomic E-state index is 11.7. The van der Waals surface area contributed by atoms with E-state index in [2.05, 4.69) is 9.97 Å². The molecule has 8 nitrogen and oxygen atoms in total. The van der Waals surface area contributed by atoms with Gasteiger partial charge in [-0.3, -0.25) is 9.36 Å². The van der Waals surface area contributed by atoms with Crippen LogP contribution in [0.25, 0.3) is 11.2 Å². The van der Waals surface area contributed by atoms with E-state index >= 15 is 0 Å². The molecule has 0 bridgehead atoms. The van der Waals surface area contributed by atoms with Crippen LogP contribution >= 0.6 is 0 Å². The van der Waals surface area contributed by atoms with Gasteiger partial charge in [-0.1, -0.05) is 4.73 Å². The van der Waals surface area contributed by atoms with Crippen LogP contribution in [0.15, 0.2) is 9.59 Å². The molecular formula is C9H10N4O4. The topological polar surface area (TPSA) is 99.0 Å². The van der Waals surface area contributed by atoms with Gasteiger partial charge in [-0.15, -0.1) is 0 Å². The van der Waals surface area contributed by atoms with Gasteiger partial charge in [0, 0.05) is 14.0 Å². The van der Waals surface area contributed by atoms with E-state index in [0.29, 0.717) is 10.6 Å². The largest absolute Gasteiger partial charge is 0.366 e. The van der Waals surface area contributed by atoms with E-state index in [9.17, 15) is 14.4 Å². The van der Waals surface area contributed by atoms with Crippen molar-refractivity contribution in [1.82, 2.24) is 19.3 Å². The second-order valence-electron chi connectivity index (χ2n) is 3.54. The van der Waals surface area contributed by atoms with Gasteiger partial charge in [-0.05, 0) is 6.92 Å². The summed E-state index contributed by atoms with van der Waals surface area (Å²) >= 11 is 0. The first-order valence-corrected chi connectivity index (χ1v) is 4.79. The summed E-state index contributed by atoms with van der Waals surface area (Å²) in [5.41, 5.74) is -1.16. The molecule has 0 aliphatic heterocycles. The number of nitrogens with one attached hydrogen (secondary N) is 1. The fraction of sp³-hybridized carbons (Fsp3) is 0.333. The summed E-state index contributed by atoms with van der Waals surface area (Å²) in [5, 5.41) is 0. The third kappa shape index (κ3) is 1.63. The van der Waals surface area contributed by atoms with Crippen LogP contribution in [0, 0.1) is 6.92 Å². The monoisotopic (exact) mass is 238 g/mol. The molecule has 1 N–H and O–H groups in total. The highest BCUT2D eigenvalue weighted by Gasteiger charge is 2.16. The van der Waals surface area contributed by atoms with Gasteiger partial charge in [-0.2, -0.15) is 0 Å². The second kappa shape index (κ2) is 3.58. The molecular weight excluding hydrogens is 228 g/mol. The molecule has 90 valence electrons. The summed E-state index contributed by atoms with van der Waals surface area (Å²) < 4.78 is 1.53. The highest BCUT2D eigenvalue weighted by molar-refractivity contribution is 5.71. The number of rotatable bonds is 1. The van der Waals surface area contributed by atoms with E-state index in [4.69, 9.17) is 4.84 Å². The Bertz CT molecular complexity index is 721. The minimum atomic E-state index is -0.760. The highest BCUT2D eigenvalue weighted by atomic mass is 16.7. The Labute approximate surface area is 94.4 Å². The lowest BCUT2D eigenvalue weighted by Crippen LogP contribution is -2.41. The molecule has 0 spiro atoms. The maximum absolute atomic E-state index is 11.7. The van der Waals surface area contributed by atoms with Gasteiger partial charge in [0.1, 0.15) is 5.82 Å². The molecule has 0 aliphatic carbocycles. The molecule has 0 atom stereocenters. The third-order valence-electron chi connectivity index (χ3n) is 2.19. The van der Waals surface area contributed by atoms with Crippen molar-refractivity contribution in [3.05, 3.63) is 26.7 Å². The molecule has 0 aliphatic rings. The van der Waals surface area contributed by atoms with Crippen molar-refractivity contribution in [2.45, 2.75) is 13.8 Å². The molecule has 0 fully saturated rings.